The van der Waals surface area contributed by atoms with Crippen LogP contribution in [0.1, 0.15) is 55.9 Å². The standard InChI is InChI=1S/C39H41NO13/c1-21(41)48-20-34-36(51-23(3)43)37(52-24(4)44)35(50-22(2)42)33(53-34)18-26-15-13-25(14-16-26)17-32(38(45)46)40-39(47)49-19-31-29-11-7-5-9-27(29)28-10-6-8-12-30(28)31/h5-16,31-37H,17-20H2,1-4H3,(H,40,47)(H,45,46)/t32-,33+,34+,35+,36+,37+/m0/s1. The molecule has 0 spiro atoms. The van der Waals surface area contributed by atoms with Crippen LogP contribution in [0.2, 0.25) is 0 Å². The molecule has 53 heavy (non-hydrogen) atoms. The summed E-state index contributed by atoms with van der Waals surface area (Å²) in [6, 6.07) is 21.2. The maximum atomic E-state index is 12.9. The van der Waals surface area contributed by atoms with Gasteiger partial charge in [-0.05, 0) is 33.4 Å². The Morgan fingerprint density at radius 1 is 0.642 bits per heavy atom. The van der Waals surface area contributed by atoms with E-state index in [1.165, 1.54) is 6.92 Å². The van der Waals surface area contributed by atoms with E-state index in [-0.39, 0.29) is 32.0 Å². The van der Waals surface area contributed by atoms with Gasteiger partial charge in [0.05, 0.1) is 0 Å². The topological polar surface area (TPSA) is 190 Å². The second kappa shape index (κ2) is 17.2. The first-order chi connectivity index (χ1) is 25.3. The van der Waals surface area contributed by atoms with E-state index in [0.717, 1.165) is 43.0 Å². The molecule has 14 heteroatoms. The van der Waals surface area contributed by atoms with Gasteiger partial charge in [-0.2, -0.15) is 0 Å². The minimum atomic E-state index is -1.30. The molecule has 14 nitrogen and oxygen atoms in total. The highest BCUT2D eigenvalue weighted by molar-refractivity contribution is 5.81. The third kappa shape index (κ3) is 9.77. The van der Waals surface area contributed by atoms with Crippen molar-refractivity contribution in [2.45, 2.75) is 83.0 Å². The maximum Gasteiger partial charge on any atom is 0.407 e. The number of hydrogen-bond donors (Lipinski definition) is 2. The molecule has 280 valence electrons. The van der Waals surface area contributed by atoms with Crippen LogP contribution in [0.3, 0.4) is 0 Å². The molecule has 0 unspecified atom stereocenters. The summed E-state index contributed by atoms with van der Waals surface area (Å²) in [6.07, 6.45) is -6.63. The summed E-state index contributed by atoms with van der Waals surface area (Å²) in [5, 5.41) is 12.4. The zero-order valence-electron chi connectivity index (χ0n) is 29.6. The van der Waals surface area contributed by atoms with Crippen molar-refractivity contribution in [3.8, 4) is 11.1 Å². The molecule has 2 aliphatic rings. The number of rotatable bonds is 13. The molecule has 0 aromatic heterocycles. The van der Waals surface area contributed by atoms with Crippen LogP contribution in [0.5, 0.6) is 0 Å². The van der Waals surface area contributed by atoms with E-state index in [1.54, 1.807) is 24.3 Å². The summed E-state index contributed by atoms with van der Waals surface area (Å²) in [4.78, 5) is 73.0. The molecule has 1 aliphatic heterocycles. The van der Waals surface area contributed by atoms with Gasteiger partial charge in [0.2, 0.25) is 0 Å². The van der Waals surface area contributed by atoms with Crippen molar-refractivity contribution in [2.24, 2.45) is 0 Å². The average Bonchev–Trinajstić information content (AvgIpc) is 3.42. The summed E-state index contributed by atoms with van der Waals surface area (Å²) in [6.45, 7) is 4.33. The molecule has 2 N–H and O–H groups in total. The average molecular weight is 732 g/mol. The number of benzene rings is 3. The Kier molecular flexibility index (Phi) is 12.5. The number of aliphatic carboxylic acids is 1. The van der Waals surface area contributed by atoms with Crippen LogP contribution in [0.4, 0.5) is 4.79 Å². The van der Waals surface area contributed by atoms with Gasteiger partial charge in [-0.3, -0.25) is 19.2 Å². The van der Waals surface area contributed by atoms with Gasteiger partial charge in [0.25, 0.3) is 0 Å². The van der Waals surface area contributed by atoms with E-state index in [4.69, 9.17) is 28.4 Å². The first kappa shape index (κ1) is 38.5. The number of hydrogen-bond acceptors (Lipinski definition) is 12. The predicted molar refractivity (Wildman–Crippen MR) is 185 cm³/mol. The minimum Gasteiger partial charge on any atom is -0.480 e. The molecule has 1 amide bonds. The van der Waals surface area contributed by atoms with E-state index in [2.05, 4.69) is 5.32 Å². The summed E-state index contributed by atoms with van der Waals surface area (Å²) in [5.74, 6) is -4.24. The molecule has 6 atom stereocenters. The number of amides is 1. The Labute approximate surface area is 305 Å². The lowest BCUT2D eigenvalue weighted by molar-refractivity contribution is -0.252. The third-order valence-corrected chi connectivity index (χ3v) is 8.92. The number of carboxylic acids is 1. The first-order valence-electron chi connectivity index (χ1n) is 17.0. The van der Waals surface area contributed by atoms with Crippen LogP contribution in [0.25, 0.3) is 11.1 Å². The highest BCUT2D eigenvalue weighted by atomic mass is 16.7. The molecule has 3 aromatic carbocycles. The number of esters is 4. The molecule has 1 fully saturated rings. The Morgan fingerprint density at radius 2 is 1.15 bits per heavy atom. The Balaban J connectivity index is 1.26. The Hall–Kier alpha value is -5.76. The van der Waals surface area contributed by atoms with Gasteiger partial charge in [0.1, 0.15) is 31.5 Å². The van der Waals surface area contributed by atoms with Crippen molar-refractivity contribution in [3.05, 3.63) is 95.1 Å². The lowest BCUT2D eigenvalue weighted by Crippen LogP contribution is -2.62. The van der Waals surface area contributed by atoms with Crippen molar-refractivity contribution < 1.29 is 62.3 Å². The first-order valence-corrected chi connectivity index (χ1v) is 17.0. The number of alkyl carbamates (subject to hydrolysis) is 1. The van der Waals surface area contributed by atoms with Crippen molar-refractivity contribution in [2.75, 3.05) is 13.2 Å². The molecular formula is C39H41NO13. The van der Waals surface area contributed by atoms with E-state index in [0.29, 0.717) is 11.1 Å². The molecule has 1 saturated heterocycles. The Bertz CT molecular complexity index is 1800. The van der Waals surface area contributed by atoms with Crippen molar-refractivity contribution >= 4 is 35.9 Å². The number of carboxylic acid groups (broad SMARTS) is 1. The minimum absolute atomic E-state index is 0.0279. The fourth-order valence-corrected chi connectivity index (χ4v) is 6.74. The van der Waals surface area contributed by atoms with Crippen molar-refractivity contribution in [1.29, 1.82) is 0 Å². The van der Waals surface area contributed by atoms with Crippen LogP contribution in [-0.4, -0.2) is 90.8 Å². The summed E-state index contributed by atoms with van der Waals surface area (Å²) >= 11 is 0. The van der Waals surface area contributed by atoms with E-state index in [9.17, 15) is 33.9 Å². The smallest absolute Gasteiger partial charge is 0.407 e. The van der Waals surface area contributed by atoms with Crippen LogP contribution < -0.4 is 5.32 Å². The monoisotopic (exact) mass is 731 g/mol. The lowest BCUT2D eigenvalue weighted by atomic mass is 9.90. The summed E-state index contributed by atoms with van der Waals surface area (Å²) in [7, 11) is 0. The molecule has 3 aromatic rings. The second-order valence-corrected chi connectivity index (χ2v) is 12.8. The fraction of sp³-hybridized carbons (Fsp3) is 0.385. The van der Waals surface area contributed by atoms with E-state index >= 15 is 0 Å². The van der Waals surface area contributed by atoms with Crippen LogP contribution in [-0.2, 0) is 65.2 Å². The van der Waals surface area contributed by atoms with Crippen LogP contribution >= 0.6 is 0 Å². The maximum absolute atomic E-state index is 12.9. The Morgan fingerprint density at radius 3 is 1.68 bits per heavy atom. The van der Waals surface area contributed by atoms with Crippen molar-refractivity contribution in [1.82, 2.24) is 5.32 Å². The lowest BCUT2D eigenvalue weighted by Gasteiger charge is -2.44. The van der Waals surface area contributed by atoms with Gasteiger partial charge < -0.3 is 38.8 Å². The van der Waals surface area contributed by atoms with Gasteiger partial charge in [-0.25, -0.2) is 9.59 Å². The van der Waals surface area contributed by atoms with E-state index < -0.39 is 72.5 Å². The highest BCUT2D eigenvalue weighted by Crippen LogP contribution is 2.44. The third-order valence-electron chi connectivity index (χ3n) is 8.92. The van der Waals surface area contributed by atoms with Gasteiger partial charge in [-0.15, -0.1) is 0 Å². The highest BCUT2D eigenvalue weighted by Gasteiger charge is 2.52. The second-order valence-electron chi connectivity index (χ2n) is 12.8. The van der Waals surface area contributed by atoms with Gasteiger partial charge in [0, 0.05) is 46.5 Å². The molecule has 5 rings (SSSR count). The number of nitrogens with one attached hydrogen (secondary N) is 1. The van der Waals surface area contributed by atoms with Crippen LogP contribution in [0, 0.1) is 0 Å². The van der Waals surface area contributed by atoms with Gasteiger partial charge >= 0.3 is 35.9 Å². The molecular weight excluding hydrogens is 690 g/mol. The summed E-state index contributed by atoms with van der Waals surface area (Å²) in [5.41, 5.74) is 5.43. The predicted octanol–water partition coefficient (Wildman–Crippen LogP) is 3.89. The number of carbonyl (C=O) groups excluding carboxylic acids is 5. The van der Waals surface area contributed by atoms with E-state index in [1.807, 2.05) is 48.5 Å². The molecule has 0 bridgehead atoms. The fourth-order valence-electron chi connectivity index (χ4n) is 6.74. The molecule has 1 heterocycles. The normalized spacial score (nSPS) is 20.9. The molecule has 0 saturated carbocycles. The SMILES string of the molecule is CC(=O)OC[C@H]1O[C@H](Cc2ccc(C[C@H](NC(=O)OCC3c4ccccc4-c4ccccc43)C(=O)O)cc2)[C@@H](OC(C)=O)[C@@H](OC(C)=O)[C@@H]1OC(C)=O. The largest absolute Gasteiger partial charge is 0.480 e. The quantitative estimate of drug-likeness (QED) is 0.190. The summed E-state index contributed by atoms with van der Waals surface area (Å²) < 4.78 is 33.3. The number of carbonyl (C=O) groups is 6. The zero-order chi connectivity index (χ0) is 38.2. The number of ether oxygens (including phenoxy) is 6. The molecule has 1 aliphatic carbocycles. The van der Waals surface area contributed by atoms with Crippen molar-refractivity contribution in [3.63, 3.8) is 0 Å². The van der Waals surface area contributed by atoms with Gasteiger partial charge in [-0.1, -0.05) is 72.8 Å². The van der Waals surface area contributed by atoms with Gasteiger partial charge in [0.15, 0.2) is 18.3 Å². The van der Waals surface area contributed by atoms with Crippen LogP contribution in [0.15, 0.2) is 72.8 Å². The zero-order valence-corrected chi connectivity index (χ0v) is 29.6. The molecule has 0 radical (unpaired) electrons. The number of fused-ring (bicyclic) bond motifs is 3.